The van der Waals surface area contributed by atoms with Gasteiger partial charge in [-0.2, -0.15) is 26.3 Å². The highest BCUT2D eigenvalue weighted by atomic mass is 32.2. The molecule has 2 aromatic rings. The minimum atomic E-state index is -5.03. The van der Waals surface area contributed by atoms with E-state index in [-0.39, 0.29) is 18.2 Å². The summed E-state index contributed by atoms with van der Waals surface area (Å²) in [7, 11) is 0. The minimum Gasteiger partial charge on any atom is -0.308 e. The van der Waals surface area contributed by atoms with Crippen LogP contribution >= 0.6 is 11.8 Å². The highest BCUT2D eigenvalue weighted by Gasteiger charge is 2.38. The Balaban J connectivity index is 1.89. The Morgan fingerprint density at radius 1 is 1.00 bits per heavy atom. The van der Waals surface area contributed by atoms with Gasteiger partial charge in [0.15, 0.2) is 0 Å². The summed E-state index contributed by atoms with van der Waals surface area (Å²) in [4.78, 5) is 13.7. The summed E-state index contributed by atoms with van der Waals surface area (Å²) >= 11 is 1.24. The molecule has 3 rings (SSSR count). The maximum absolute atomic E-state index is 14.1. The molecule has 1 N–H and O–H groups in total. The zero-order valence-corrected chi connectivity index (χ0v) is 15.3. The van der Waals surface area contributed by atoms with Crippen molar-refractivity contribution in [1.29, 1.82) is 0 Å². The van der Waals surface area contributed by atoms with Gasteiger partial charge in [0.1, 0.15) is 11.2 Å². The van der Waals surface area contributed by atoms with Crippen LogP contribution in [0.4, 0.5) is 41.2 Å². The number of anilines is 1. The number of carbonyl (C=O) groups is 1. The van der Waals surface area contributed by atoms with E-state index in [1.54, 1.807) is 6.07 Å². The van der Waals surface area contributed by atoms with Gasteiger partial charge in [0.05, 0.1) is 11.1 Å². The summed E-state index contributed by atoms with van der Waals surface area (Å²) in [6.07, 6.45) is -10.1. The molecule has 1 aliphatic heterocycles. The van der Waals surface area contributed by atoms with Gasteiger partial charge in [0.25, 0.3) is 0 Å². The summed E-state index contributed by atoms with van der Waals surface area (Å²) in [5.74, 6) is -0.133. The third-order valence-electron chi connectivity index (χ3n) is 4.16. The van der Waals surface area contributed by atoms with Crippen molar-refractivity contribution in [2.75, 3.05) is 17.6 Å². The third-order valence-corrected chi connectivity index (χ3v) is 5.40. The number of halogens is 7. The fourth-order valence-corrected chi connectivity index (χ4v) is 4.11. The Morgan fingerprint density at radius 2 is 1.59 bits per heavy atom. The van der Waals surface area contributed by atoms with Gasteiger partial charge in [0, 0.05) is 23.5 Å². The van der Waals surface area contributed by atoms with Crippen molar-refractivity contribution in [1.82, 2.24) is 4.90 Å². The van der Waals surface area contributed by atoms with E-state index < -0.39 is 46.4 Å². The second-order valence-electron chi connectivity index (χ2n) is 6.16. The van der Waals surface area contributed by atoms with Gasteiger partial charge in [-0.15, -0.1) is 11.8 Å². The summed E-state index contributed by atoms with van der Waals surface area (Å²) in [5.41, 5.74) is -3.53. The van der Waals surface area contributed by atoms with E-state index in [0.29, 0.717) is 17.9 Å². The molecular weight excluding hydrogens is 425 g/mol. The molecule has 1 atom stereocenters. The number of hydrogen-bond acceptors (Lipinski definition) is 2. The number of carbonyl (C=O) groups excluding carboxylic acids is 1. The van der Waals surface area contributed by atoms with Crippen LogP contribution in [0.25, 0.3) is 0 Å². The standard InChI is InChI=1S/C18H13F7N2OS/c19-14-4-2-1-3-13(14)15-27(5-6-29-15)16(28)26-12-8-10(17(20,21)22)7-11(9-12)18(23,24)25/h1-4,7-9,15H,5-6H2,(H,26,28). The van der Waals surface area contributed by atoms with Crippen molar-refractivity contribution in [2.45, 2.75) is 17.7 Å². The van der Waals surface area contributed by atoms with Crippen LogP contribution < -0.4 is 5.32 Å². The molecule has 1 saturated heterocycles. The summed E-state index contributed by atoms with van der Waals surface area (Å²) < 4.78 is 91.9. The topological polar surface area (TPSA) is 32.3 Å². The van der Waals surface area contributed by atoms with Crippen molar-refractivity contribution in [2.24, 2.45) is 0 Å². The normalized spacial score (nSPS) is 17.5. The van der Waals surface area contributed by atoms with Crippen LogP contribution in [0, 0.1) is 5.82 Å². The lowest BCUT2D eigenvalue weighted by Crippen LogP contribution is -2.34. The second kappa shape index (κ2) is 7.77. The van der Waals surface area contributed by atoms with Gasteiger partial charge in [-0.25, -0.2) is 9.18 Å². The maximum Gasteiger partial charge on any atom is 0.416 e. The fourth-order valence-electron chi connectivity index (χ4n) is 2.83. The van der Waals surface area contributed by atoms with Crippen LogP contribution in [0.1, 0.15) is 22.1 Å². The molecule has 0 aromatic heterocycles. The number of thioether (sulfide) groups is 1. The first-order chi connectivity index (χ1) is 13.5. The van der Waals surface area contributed by atoms with Crippen molar-refractivity contribution < 1.29 is 35.5 Å². The largest absolute Gasteiger partial charge is 0.416 e. The molecule has 0 bridgehead atoms. The molecule has 1 fully saturated rings. The minimum absolute atomic E-state index is 0.0243. The molecule has 29 heavy (non-hydrogen) atoms. The Bertz CT molecular complexity index is 882. The highest BCUT2D eigenvalue weighted by Crippen LogP contribution is 2.40. The number of amides is 2. The molecule has 1 aliphatic rings. The molecule has 1 unspecified atom stereocenters. The lowest BCUT2D eigenvalue weighted by molar-refractivity contribution is -0.143. The van der Waals surface area contributed by atoms with Crippen LogP contribution in [0.15, 0.2) is 42.5 Å². The summed E-state index contributed by atoms with van der Waals surface area (Å²) in [5, 5.41) is 1.33. The molecule has 11 heteroatoms. The average molecular weight is 438 g/mol. The maximum atomic E-state index is 14.1. The lowest BCUT2D eigenvalue weighted by atomic mass is 10.1. The molecule has 3 nitrogen and oxygen atoms in total. The second-order valence-corrected chi connectivity index (χ2v) is 7.35. The van der Waals surface area contributed by atoms with Gasteiger partial charge in [0.2, 0.25) is 0 Å². The number of alkyl halides is 6. The smallest absolute Gasteiger partial charge is 0.308 e. The summed E-state index contributed by atoms with van der Waals surface area (Å²) in [6, 6.07) is 5.60. The molecule has 0 aliphatic carbocycles. The van der Waals surface area contributed by atoms with Crippen LogP contribution in [0.3, 0.4) is 0 Å². The number of nitrogens with zero attached hydrogens (tertiary/aromatic N) is 1. The SMILES string of the molecule is O=C(Nc1cc(C(F)(F)F)cc(C(F)(F)F)c1)N1CCSC1c1ccccc1F. The monoisotopic (exact) mass is 438 g/mol. The Morgan fingerprint density at radius 3 is 2.14 bits per heavy atom. The molecule has 0 saturated carbocycles. The molecule has 1 heterocycles. The van der Waals surface area contributed by atoms with Crippen LogP contribution in [-0.4, -0.2) is 23.2 Å². The van der Waals surface area contributed by atoms with E-state index in [0.717, 1.165) is 4.90 Å². The Hall–Kier alpha value is -2.43. The Kier molecular flexibility index (Phi) is 5.70. The number of nitrogens with one attached hydrogen (secondary N) is 1. The van der Waals surface area contributed by atoms with Crippen LogP contribution in [0.5, 0.6) is 0 Å². The molecule has 156 valence electrons. The average Bonchev–Trinajstić information content (AvgIpc) is 3.10. The molecule has 2 amide bonds. The van der Waals surface area contributed by atoms with E-state index in [9.17, 15) is 35.5 Å². The number of urea groups is 1. The number of hydrogen-bond donors (Lipinski definition) is 1. The number of benzene rings is 2. The first-order valence-corrected chi connectivity index (χ1v) is 9.25. The highest BCUT2D eigenvalue weighted by molar-refractivity contribution is 7.99. The Labute approximate surface area is 164 Å². The molecule has 2 aromatic carbocycles. The van der Waals surface area contributed by atoms with Gasteiger partial charge in [-0.1, -0.05) is 18.2 Å². The van der Waals surface area contributed by atoms with Crippen LogP contribution in [-0.2, 0) is 12.4 Å². The third kappa shape index (κ3) is 4.77. The van der Waals surface area contributed by atoms with Gasteiger partial charge >= 0.3 is 18.4 Å². The van der Waals surface area contributed by atoms with Gasteiger partial charge in [-0.05, 0) is 24.3 Å². The molecule has 0 spiro atoms. The first kappa shape index (κ1) is 21.3. The fraction of sp³-hybridized carbons (Fsp3) is 0.278. The van der Waals surface area contributed by atoms with Crippen molar-refractivity contribution in [3.63, 3.8) is 0 Å². The predicted octanol–water partition coefficient (Wildman–Crippen LogP) is 6.14. The van der Waals surface area contributed by atoms with Crippen LogP contribution in [0.2, 0.25) is 0 Å². The zero-order chi connectivity index (χ0) is 21.4. The quantitative estimate of drug-likeness (QED) is 0.571. The van der Waals surface area contributed by atoms with E-state index in [1.165, 1.54) is 30.0 Å². The van der Waals surface area contributed by atoms with Gasteiger partial charge in [-0.3, -0.25) is 0 Å². The van der Waals surface area contributed by atoms with E-state index in [4.69, 9.17) is 0 Å². The van der Waals surface area contributed by atoms with Crippen molar-refractivity contribution in [3.05, 3.63) is 65.0 Å². The van der Waals surface area contributed by atoms with E-state index in [2.05, 4.69) is 5.32 Å². The zero-order valence-electron chi connectivity index (χ0n) is 14.4. The van der Waals surface area contributed by atoms with Gasteiger partial charge < -0.3 is 10.2 Å². The summed E-state index contributed by atoms with van der Waals surface area (Å²) in [6.45, 7) is 0.153. The van der Waals surface area contributed by atoms with E-state index in [1.807, 2.05) is 0 Å². The predicted molar refractivity (Wildman–Crippen MR) is 93.8 cm³/mol. The first-order valence-electron chi connectivity index (χ1n) is 8.20. The van der Waals surface area contributed by atoms with Crippen molar-refractivity contribution in [3.8, 4) is 0 Å². The van der Waals surface area contributed by atoms with E-state index >= 15 is 0 Å². The molecule has 0 radical (unpaired) electrons. The molecular formula is C18H13F7N2OS. The lowest BCUT2D eigenvalue weighted by Gasteiger charge is -2.25. The van der Waals surface area contributed by atoms with Crippen molar-refractivity contribution >= 4 is 23.5 Å². The number of rotatable bonds is 2.